The molecule has 3 nitrogen and oxygen atoms in total. The van der Waals surface area contributed by atoms with Crippen LogP contribution < -0.4 is 0 Å². The predicted octanol–water partition coefficient (Wildman–Crippen LogP) is 3.26. The quantitative estimate of drug-likeness (QED) is 0.840. The summed E-state index contributed by atoms with van der Waals surface area (Å²) in [5.41, 5.74) is 1.47. The number of rotatable bonds is 5. The molecular formula is C18H25N3. The van der Waals surface area contributed by atoms with Crippen molar-refractivity contribution in [3.05, 3.63) is 54.1 Å². The fourth-order valence-electron chi connectivity index (χ4n) is 3.29. The maximum atomic E-state index is 4.45. The minimum absolute atomic E-state index is 0.833. The summed E-state index contributed by atoms with van der Waals surface area (Å²) in [6, 6.07) is 10.9. The largest absolute Gasteiger partial charge is 0.337 e. The minimum atomic E-state index is 0.833. The fraction of sp³-hybridized carbons (Fsp3) is 0.500. The van der Waals surface area contributed by atoms with E-state index in [1.165, 1.54) is 50.2 Å². The third-order valence-corrected chi connectivity index (χ3v) is 4.57. The molecule has 0 spiro atoms. The van der Waals surface area contributed by atoms with Crippen molar-refractivity contribution in [1.82, 2.24) is 14.5 Å². The molecule has 0 bridgehead atoms. The van der Waals surface area contributed by atoms with Gasteiger partial charge in [0, 0.05) is 26.0 Å². The van der Waals surface area contributed by atoms with Crippen LogP contribution in [0.5, 0.6) is 0 Å². The van der Waals surface area contributed by atoms with E-state index in [-0.39, 0.29) is 0 Å². The number of hydrogen-bond donors (Lipinski definition) is 0. The molecule has 0 aliphatic carbocycles. The summed E-state index contributed by atoms with van der Waals surface area (Å²) in [6.07, 6.45) is 9.15. The van der Waals surface area contributed by atoms with Gasteiger partial charge in [0.2, 0.25) is 0 Å². The fourth-order valence-corrected chi connectivity index (χ4v) is 3.29. The second-order valence-electron chi connectivity index (χ2n) is 6.22. The van der Waals surface area contributed by atoms with E-state index in [0.717, 1.165) is 12.5 Å². The Bertz CT molecular complexity index is 547. The van der Waals surface area contributed by atoms with Crippen molar-refractivity contribution < 1.29 is 0 Å². The second kappa shape index (κ2) is 6.90. The molecule has 0 amide bonds. The number of aromatic nitrogens is 2. The van der Waals surface area contributed by atoms with Crippen LogP contribution in [0.3, 0.4) is 0 Å². The lowest BCUT2D eigenvalue weighted by Crippen LogP contribution is -2.35. The van der Waals surface area contributed by atoms with Crippen LogP contribution >= 0.6 is 0 Å². The van der Waals surface area contributed by atoms with Crippen LogP contribution in [0.4, 0.5) is 0 Å². The number of nitrogens with zero attached hydrogens (tertiary/aromatic N) is 3. The molecule has 0 N–H and O–H groups in total. The highest BCUT2D eigenvalue weighted by Gasteiger charge is 2.20. The van der Waals surface area contributed by atoms with Crippen molar-refractivity contribution in [2.45, 2.75) is 32.2 Å². The monoisotopic (exact) mass is 283 g/mol. The molecule has 3 rings (SSSR count). The van der Waals surface area contributed by atoms with Crippen molar-refractivity contribution in [2.24, 2.45) is 13.0 Å². The van der Waals surface area contributed by atoms with Crippen molar-refractivity contribution in [3.8, 4) is 0 Å². The number of aryl methyl sites for hydroxylation is 2. The molecule has 3 heteroatoms. The lowest BCUT2D eigenvalue weighted by Gasteiger charge is -2.32. The molecule has 1 aromatic carbocycles. The second-order valence-corrected chi connectivity index (χ2v) is 6.22. The summed E-state index contributed by atoms with van der Waals surface area (Å²) in [4.78, 5) is 7.02. The Hall–Kier alpha value is -1.61. The van der Waals surface area contributed by atoms with E-state index in [9.17, 15) is 0 Å². The van der Waals surface area contributed by atoms with Gasteiger partial charge in [0.05, 0.1) is 6.54 Å². The standard InChI is InChI=1S/C18H25N3/c1-20-13-11-19-18(20)15-21-12-5-8-17(14-21)10-9-16-6-3-2-4-7-16/h2-4,6-7,11,13,17H,5,8-10,12,14-15H2,1H3. The van der Waals surface area contributed by atoms with Gasteiger partial charge in [-0.3, -0.25) is 4.90 Å². The normalized spacial score (nSPS) is 19.8. The Morgan fingerprint density at radius 3 is 2.86 bits per heavy atom. The van der Waals surface area contributed by atoms with E-state index in [1.807, 2.05) is 12.4 Å². The van der Waals surface area contributed by atoms with E-state index in [0.29, 0.717) is 0 Å². The van der Waals surface area contributed by atoms with Crippen LogP contribution in [0.15, 0.2) is 42.7 Å². The molecule has 1 atom stereocenters. The molecule has 1 aliphatic heterocycles. The maximum absolute atomic E-state index is 4.45. The summed E-state index contributed by atoms with van der Waals surface area (Å²) in [5.74, 6) is 2.01. The number of likely N-dealkylation sites (tertiary alicyclic amines) is 1. The minimum Gasteiger partial charge on any atom is -0.337 e. The van der Waals surface area contributed by atoms with Gasteiger partial charge >= 0.3 is 0 Å². The third-order valence-electron chi connectivity index (χ3n) is 4.57. The summed E-state index contributed by atoms with van der Waals surface area (Å²) in [7, 11) is 2.08. The molecule has 2 heterocycles. The molecule has 0 radical (unpaired) electrons. The topological polar surface area (TPSA) is 21.1 Å². The van der Waals surface area contributed by atoms with Gasteiger partial charge in [-0.1, -0.05) is 30.3 Å². The summed E-state index contributed by atoms with van der Waals surface area (Å²) in [5, 5.41) is 0. The molecule has 1 unspecified atom stereocenters. The molecule has 1 saturated heterocycles. The Balaban J connectivity index is 1.50. The van der Waals surface area contributed by atoms with E-state index in [2.05, 4.69) is 51.8 Å². The summed E-state index contributed by atoms with van der Waals surface area (Å²) < 4.78 is 2.13. The van der Waals surface area contributed by atoms with E-state index >= 15 is 0 Å². The molecule has 112 valence electrons. The van der Waals surface area contributed by atoms with Crippen LogP contribution in [0, 0.1) is 5.92 Å². The molecule has 1 aromatic heterocycles. The van der Waals surface area contributed by atoms with Crippen LogP contribution in [-0.4, -0.2) is 27.5 Å². The molecule has 21 heavy (non-hydrogen) atoms. The lowest BCUT2D eigenvalue weighted by atomic mass is 9.91. The number of benzene rings is 1. The Labute approximate surface area is 127 Å². The zero-order valence-corrected chi connectivity index (χ0v) is 12.9. The van der Waals surface area contributed by atoms with Gasteiger partial charge in [0.15, 0.2) is 0 Å². The first-order valence-electron chi connectivity index (χ1n) is 8.04. The molecular weight excluding hydrogens is 258 g/mol. The number of piperidine rings is 1. The van der Waals surface area contributed by atoms with Crippen LogP contribution in [0.25, 0.3) is 0 Å². The van der Waals surface area contributed by atoms with Crippen molar-refractivity contribution in [3.63, 3.8) is 0 Å². The average molecular weight is 283 g/mol. The van der Waals surface area contributed by atoms with Crippen LogP contribution in [-0.2, 0) is 20.0 Å². The number of hydrogen-bond acceptors (Lipinski definition) is 2. The van der Waals surface area contributed by atoms with Crippen molar-refractivity contribution in [1.29, 1.82) is 0 Å². The van der Waals surface area contributed by atoms with Gasteiger partial charge < -0.3 is 4.57 Å². The molecule has 0 saturated carbocycles. The van der Waals surface area contributed by atoms with Gasteiger partial charge in [-0.15, -0.1) is 0 Å². The zero-order valence-electron chi connectivity index (χ0n) is 12.9. The SMILES string of the molecule is Cn1ccnc1CN1CCCC(CCc2ccccc2)C1. The first-order chi connectivity index (χ1) is 10.3. The van der Waals surface area contributed by atoms with Gasteiger partial charge in [-0.05, 0) is 43.7 Å². The van der Waals surface area contributed by atoms with Crippen molar-refractivity contribution >= 4 is 0 Å². The molecule has 2 aromatic rings. The smallest absolute Gasteiger partial charge is 0.122 e. The van der Waals surface area contributed by atoms with E-state index in [4.69, 9.17) is 0 Å². The first-order valence-corrected chi connectivity index (χ1v) is 8.04. The molecule has 1 fully saturated rings. The zero-order chi connectivity index (χ0) is 14.5. The van der Waals surface area contributed by atoms with E-state index in [1.54, 1.807) is 0 Å². The lowest BCUT2D eigenvalue weighted by molar-refractivity contribution is 0.157. The summed E-state index contributed by atoms with van der Waals surface area (Å²) in [6.45, 7) is 3.43. The highest BCUT2D eigenvalue weighted by atomic mass is 15.2. The summed E-state index contributed by atoms with van der Waals surface area (Å²) >= 11 is 0. The van der Waals surface area contributed by atoms with Crippen LogP contribution in [0.1, 0.15) is 30.7 Å². The van der Waals surface area contributed by atoms with Crippen molar-refractivity contribution in [2.75, 3.05) is 13.1 Å². The highest BCUT2D eigenvalue weighted by molar-refractivity contribution is 5.14. The third kappa shape index (κ3) is 3.94. The predicted molar refractivity (Wildman–Crippen MR) is 86.0 cm³/mol. The highest BCUT2D eigenvalue weighted by Crippen LogP contribution is 2.22. The van der Waals surface area contributed by atoms with Crippen LogP contribution in [0.2, 0.25) is 0 Å². The average Bonchev–Trinajstić information content (AvgIpc) is 2.92. The molecule has 1 aliphatic rings. The van der Waals surface area contributed by atoms with Gasteiger partial charge in [0.25, 0.3) is 0 Å². The Morgan fingerprint density at radius 2 is 2.10 bits per heavy atom. The first kappa shape index (κ1) is 14.3. The van der Waals surface area contributed by atoms with E-state index < -0.39 is 0 Å². The Morgan fingerprint density at radius 1 is 1.24 bits per heavy atom. The van der Waals surface area contributed by atoms with Gasteiger partial charge in [0.1, 0.15) is 5.82 Å². The Kier molecular flexibility index (Phi) is 4.71. The number of imidazole rings is 1. The van der Waals surface area contributed by atoms with Gasteiger partial charge in [-0.25, -0.2) is 4.98 Å². The maximum Gasteiger partial charge on any atom is 0.122 e. The van der Waals surface area contributed by atoms with Gasteiger partial charge in [-0.2, -0.15) is 0 Å².